The SMILES string of the molecule is CCCCC([CH-]C(CC)S(=O)(=O)O)CC.O=C(O)CC(O)C(=O)O.[Na+]. The first-order valence-electron chi connectivity index (χ1n) is 7.93. The summed E-state index contributed by atoms with van der Waals surface area (Å²) in [6.07, 6.45) is 3.87. The summed E-state index contributed by atoms with van der Waals surface area (Å²) in [5, 5.41) is 23.4. The summed E-state index contributed by atoms with van der Waals surface area (Å²) in [6, 6.07) is 0. The maximum absolute atomic E-state index is 11.0. The van der Waals surface area contributed by atoms with E-state index in [4.69, 9.17) is 19.9 Å². The summed E-state index contributed by atoms with van der Waals surface area (Å²) in [5.41, 5.74) is 0. The van der Waals surface area contributed by atoms with Crippen molar-refractivity contribution in [2.75, 3.05) is 0 Å². The largest absolute Gasteiger partial charge is 1.00 e. The fraction of sp³-hybridized carbons (Fsp3) is 0.800. The van der Waals surface area contributed by atoms with Crippen molar-refractivity contribution in [3.05, 3.63) is 6.42 Å². The van der Waals surface area contributed by atoms with E-state index >= 15 is 0 Å². The Morgan fingerprint density at radius 3 is 1.84 bits per heavy atom. The van der Waals surface area contributed by atoms with Gasteiger partial charge in [0.2, 0.25) is 10.1 Å². The number of hydrogen-bond acceptors (Lipinski definition) is 5. The second-order valence-corrected chi connectivity index (χ2v) is 7.05. The molecule has 10 heteroatoms. The average Bonchev–Trinajstić information content (AvgIpc) is 2.46. The van der Waals surface area contributed by atoms with Crippen LogP contribution >= 0.6 is 0 Å². The Morgan fingerprint density at radius 2 is 1.60 bits per heavy atom. The van der Waals surface area contributed by atoms with E-state index in [-0.39, 0.29) is 29.6 Å². The number of carboxylic acids is 2. The molecule has 8 nitrogen and oxygen atoms in total. The third-order valence-electron chi connectivity index (χ3n) is 3.38. The summed E-state index contributed by atoms with van der Waals surface area (Å²) >= 11 is 0. The third-order valence-corrected chi connectivity index (χ3v) is 4.63. The molecule has 0 aromatic rings. The maximum Gasteiger partial charge on any atom is 1.00 e. The van der Waals surface area contributed by atoms with E-state index in [2.05, 4.69) is 6.92 Å². The van der Waals surface area contributed by atoms with Gasteiger partial charge in [-0.2, -0.15) is 5.92 Å². The monoisotopic (exact) mass is 392 g/mol. The van der Waals surface area contributed by atoms with Gasteiger partial charge in [0.1, 0.15) is 0 Å². The van der Waals surface area contributed by atoms with Crippen LogP contribution in [0.3, 0.4) is 0 Å². The molecule has 0 aromatic carbocycles. The van der Waals surface area contributed by atoms with Crippen LogP contribution in [0.5, 0.6) is 0 Å². The summed E-state index contributed by atoms with van der Waals surface area (Å²) < 4.78 is 31.0. The fourth-order valence-corrected chi connectivity index (χ4v) is 2.75. The van der Waals surface area contributed by atoms with Crippen LogP contribution in [-0.2, 0) is 19.7 Å². The van der Waals surface area contributed by atoms with Crippen molar-refractivity contribution in [3.63, 3.8) is 0 Å². The zero-order valence-electron chi connectivity index (χ0n) is 15.4. The van der Waals surface area contributed by atoms with Crippen LogP contribution in [0.1, 0.15) is 59.3 Å². The molecule has 4 N–H and O–H groups in total. The number of unbranched alkanes of at least 4 members (excludes halogenated alkanes) is 1. The summed E-state index contributed by atoms with van der Waals surface area (Å²) in [5.74, 6) is -2.54. The molecule has 0 amide bonds. The van der Waals surface area contributed by atoms with Gasteiger partial charge in [-0.1, -0.05) is 52.9 Å². The summed E-state index contributed by atoms with van der Waals surface area (Å²) in [4.78, 5) is 19.4. The van der Waals surface area contributed by atoms with Gasteiger partial charge in [-0.15, -0.1) is 0 Å². The average molecular weight is 392 g/mol. The van der Waals surface area contributed by atoms with Crippen LogP contribution < -0.4 is 29.6 Å². The topological polar surface area (TPSA) is 149 Å². The minimum atomic E-state index is -3.90. The van der Waals surface area contributed by atoms with Crippen molar-refractivity contribution in [3.8, 4) is 0 Å². The second kappa shape index (κ2) is 16.0. The number of carboxylic acid groups (broad SMARTS) is 2. The molecule has 0 aromatic heterocycles. The van der Waals surface area contributed by atoms with Gasteiger partial charge in [0.05, 0.1) is 6.42 Å². The van der Waals surface area contributed by atoms with Crippen molar-refractivity contribution >= 4 is 22.1 Å². The zero-order chi connectivity index (χ0) is 19.3. The molecule has 0 aliphatic carbocycles. The summed E-state index contributed by atoms with van der Waals surface area (Å²) in [6.45, 7) is 5.95. The first kappa shape index (κ1) is 29.6. The van der Waals surface area contributed by atoms with Crippen LogP contribution in [-0.4, -0.2) is 51.6 Å². The molecule has 3 atom stereocenters. The van der Waals surface area contributed by atoms with Gasteiger partial charge in [0.25, 0.3) is 0 Å². The molecular formula is C15H29NaO8S. The molecule has 0 bridgehead atoms. The standard InChI is InChI=1S/C11H23O3S.C4H6O5.Na/c1-4-7-8-10(5-2)9-11(6-3)15(12,13)14;5-2(4(8)9)1-3(6)7;/h9-11H,4-8H2,1-3H3,(H,12,13,14);2,5H,1H2,(H,6,7)(H,8,9);/q-1;;+1. The molecule has 0 radical (unpaired) electrons. The molecule has 0 heterocycles. The molecule has 0 saturated heterocycles. The van der Waals surface area contributed by atoms with E-state index in [1.807, 2.05) is 6.92 Å². The third kappa shape index (κ3) is 17.0. The number of aliphatic hydroxyl groups is 1. The van der Waals surface area contributed by atoms with E-state index in [1.54, 1.807) is 13.3 Å². The molecule has 0 aliphatic rings. The molecule has 0 aliphatic heterocycles. The predicted octanol–water partition coefficient (Wildman–Crippen LogP) is -1.02. The Hall–Kier alpha value is -0.190. The molecule has 0 spiro atoms. The molecule has 0 fully saturated rings. The van der Waals surface area contributed by atoms with E-state index in [9.17, 15) is 18.0 Å². The Bertz CT molecular complexity index is 466. The van der Waals surface area contributed by atoms with Crippen molar-refractivity contribution in [1.29, 1.82) is 0 Å². The van der Waals surface area contributed by atoms with Gasteiger partial charge < -0.3 is 21.7 Å². The first-order chi connectivity index (χ1) is 11.0. The molecule has 3 unspecified atom stereocenters. The normalized spacial score (nSPS) is 14.3. The maximum atomic E-state index is 11.0. The number of hydrogen-bond donors (Lipinski definition) is 4. The van der Waals surface area contributed by atoms with Gasteiger partial charge in [0.15, 0.2) is 6.10 Å². The second-order valence-electron chi connectivity index (χ2n) is 5.42. The zero-order valence-corrected chi connectivity index (χ0v) is 18.2. The Morgan fingerprint density at radius 1 is 1.08 bits per heavy atom. The van der Waals surface area contributed by atoms with Crippen molar-refractivity contribution in [2.24, 2.45) is 5.92 Å². The Kier molecular flexibility index (Phi) is 18.9. The Balaban J connectivity index is -0.000000418. The van der Waals surface area contributed by atoms with Crippen molar-refractivity contribution in [2.45, 2.75) is 70.7 Å². The van der Waals surface area contributed by atoms with Crippen LogP contribution in [0.2, 0.25) is 0 Å². The quantitative estimate of drug-likeness (QED) is 0.198. The van der Waals surface area contributed by atoms with E-state index in [1.165, 1.54) is 0 Å². The number of aliphatic carboxylic acids is 2. The fourth-order valence-electron chi connectivity index (χ4n) is 1.91. The molecule has 144 valence electrons. The molecule has 25 heavy (non-hydrogen) atoms. The molecule has 0 saturated carbocycles. The van der Waals surface area contributed by atoms with Crippen LogP contribution in [0, 0.1) is 12.3 Å². The van der Waals surface area contributed by atoms with Crippen molar-refractivity contribution in [1.82, 2.24) is 0 Å². The van der Waals surface area contributed by atoms with Gasteiger partial charge >= 0.3 is 41.5 Å². The number of carbonyl (C=O) groups is 2. The van der Waals surface area contributed by atoms with Gasteiger partial charge in [-0.3, -0.25) is 9.35 Å². The van der Waals surface area contributed by atoms with E-state index in [0.717, 1.165) is 25.7 Å². The number of aliphatic hydroxyl groups excluding tert-OH is 1. The van der Waals surface area contributed by atoms with E-state index in [0.29, 0.717) is 12.3 Å². The molecular weight excluding hydrogens is 363 g/mol. The minimum absolute atomic E-state index is 0. The van der Waals surface area contributed by atoms with Crippen molar-refractivity contribution < 1.29 is 67.4 Å². The van der Waals surface area contributed by atoms with E-state index < -0.39 is 39.8 Å². The number of rotatable bonds is 11. The Labute approximate surface area is 172 Å². The van der Waals surface area contributed by atoms with Crippen LogP contribution in [0.4, 0.5) is 0 Å². The summed E-state index contributed by atoms with van der Waals surface area (Å²) in [7, 11) is -3.90. The smallest absolute Gasteiger partial charge is 0.481 e. The van der Waals surface area contributed by atoms with Gasteiger partial charge in [-0.05, 0) is 5.25 Å². The minimum Gasteiger partial charge on any atom is -0.481 e. The van der Waals surface area contributed by atoms with Gasteiger partial charge in [0, 0.05) is 0 Å². The molecule has 0 rings (SSSR count). The van der Waals surface area contributed by atoms with Crippen LogP contribution in [0.25, 0.3) is 0 Å². The van der Waals surface area contributed by atoms with Gasteiger partial charge in [-0.25, -0.2) is 13.2 Å². The first-order valence-corrected chi connectivity index (χ1v) is 9.43. The predicted molar refractivity (Wildman–Crippen MR) is 89.1 cm³/mol. The van der Waals surface area contributed by atoms with Crippen LogP contribution in [0.15, 0.2) is 0 Å².